The Labute approximate surface area is 93.9 Å². The van der Waals surface area contributed by atoms with Crippen molar-refractivity contribution in [3.05, 3.63) is 35.9 Å². The molecule has 0 N–H and O–H groups in total. The lowest BCUT2D eigenvalue weighted by Gasteiger charge is -1.91. The summed E-state index contributed by atoms with van der Waals surface area (Å²) in [6.07, 6.45) is 5.00. The molecule has 0 spiro atoms. The second-order valence-corrected chi connectivity index (χ2v) is 4.23. The van der Waals surface area contributed by atoms with E-state index >= 15 is 0 Å². The van der Waals surface area contributed by atoms with Crippen molar-refractivity contribution in [2.24, 2.45) is 7.05 Å². The number of aromatic nitrogens is 2. The van der Waals surface area contributed by atoms with Gasteiger partial charge in [-0.05, 0) is 18.6 Å². The van der Waals surface area contributed by atoms with Crippen LogP contribution in [-0.4, -0.2) is 4.57 Å². The summed E-state index contributed by atoms with van der Waals surface area (Å²) in [4.78, 5) is 0. The van der Waals surface area contributed by atoms with Crippen LogP contribution in [0.25, 0.3) is 16.7 Å². The molecule has 0 aliphatic heterocycles. The number of imidazole rings is 1. The first-order chi connectivity index (χ1) is 7.72. The molecular weight excluding hydrogens is 200 g/mol. The van der Waals surface area contributed by atoms with Crippen LogP contribution in [-0.2, 0) is 13.5 Å². The number of hydrogen-bond acceptors (Lipinski definition) is 1. The summed E-state index contributed by atoms with van der Waals surface area (Å²) in [6.45, 7) is 4.24. The van der Waals surface area contributed by atoms with E-state index in [-0.39, 0.29) is 0 Å². The molecule has 0 amide bonds. The highest BCUT2D eigenvalue weighted by atomic mass is 16.3. The average molecular weight is 215 g/mol. The van der Waals surface area contributed by atoms with Gasteiger partial charge in [-0.25, -0.2) is 4.57 Å². The van der Waals surface area contributed by atoms with E-state index in [1.165, 1.54) is 22.3 Å². The van der Waals surface area contributed by atoms with E-state index in [2.05, 4.69) is 48.2 Å². The van der Waals surface area contributed by atoms with Crippen molar-refractivity contribution in [3.63, 3.8) is 0 Å². The van der Waals surface area contributed by atoms with Gasteiger partial charge in [0.1, 0.15) is 11.9 Å². The molecule has 0 atom stereocenters. The first-order valence-electron chi connectivity index (χ1n) is 5.59. The molecule has 0 saturated carbocycles. The van der Waals surface area contributed by atoms with Crippen LogP contribution in [0.2, 0.25) is 0 Å². The van der Waals surface area contributed by atoms with Crippen molar-refractivity contribution >= 4 is 16.7 Å². The van der Waals surface area contributed by atoms with E-state index in [9.17, 15) is 0 Å². The molecule has 16 heavy (non-hydrogen) atoms. The lowest BCUT2D eigenvalue weighted by molar-refractivity contribution is -0.489. The predicted octanol–water partition coefficient (Wildman–Crippen LogP) is 2.38. The van der Waals surface area contributed by atoms with Gasteiger partial charge in [0.05, 0.1) is 18.7 Å². The third kappa shape index (κ3) is 1.06. The molecular formula is C13H15N2O+. The van der Waals surface area contributed by atoms with E-state index in [1.807, 2.05) is 6.26 Å². The third-order valence-corrected chi connectivity index (χ3v) is 3.28. The number of pyridine rings is 1. The van der Waals surface area contributed by atoms with Crippen LogP contribution in [0.5, 0.6) is 0 Å². The number of fused-ring (bicyclic) bond motifs is 3. The lowest BCUT2D eigenvalue weighted by Crippen LogP contribution is -2.19. The fraction of sp³-hybridized carbons (Fsp3) is 0.308. The van der Waals surface area contributed by atoms with Gasteiger partial charge in [0.25, 0.3) is 5.65 Å². The Hall–Kier alpha value is -1.77. The second kappa shape index (κ2) is 3.11. The van der Waals surface area contributed by atoms with Crippen molar-refractivity contribution in [1.29, 1.82) is 0 Å². The van der Waals surface area contributed by atoms with Crippen molar-refractivity contribution in [3.8, 4) is 0 Å². The van der Waals surface area contributed by atoms with Crippen LogP contribution in [0.15, 0.2) is 29.0 Å². The number of hydrogen-bond donors (Lipinski definition) is 0. The zero-order chi connectivity index (χ0) is 11.3. The SMILES string of the molecule is CCc1c[n+]2c3occ(C)c3ccc2n1C. The number of furan rings is 1. The smallest absolute Gasteiger partial charge is 0.302 e. The van der Waals surface area contributed by atoms with Gasteiger partial charge in [0.15, 0.2) is 0 Å². The lowest BCUT2D eigenvalue weighted by atomic mass is 10.2. The molecule has 0 unspecified atom stereocenters. The number of nitrogens with zero attached hydrogens (tertiary/aromatic N) is 2. The summed E-state index contributed by atoms with van der Waals surface area (Å²) in [7, 11) is 2.09. The minimum atomic E-state index is 0.935. The van der Waals surface area contributed by atoms with E-state index in [0.29, 0.717) is 0 Å². The van der Waals surface area contributed by atoms with Crippen LogP contribution < -0.4 is 4.40 Å². The minimum Gasteiger partial charge on any atom is -0.430 e. The van der Waals surface area contributed by atoms with Gasteiger partial charge in [-0.15, -0.1) is 0 Å². The molecule has 3 nitrogen and oxygen atoms in total. The Bertz CT molecular complexity index is 676. The summed E-state index contributed by atoms with van der Waals surface area (Å²) < 4.78 is 9.96. The molecule has 3 heterocycles. The fourth-order valence-electron chi connectivity index (χ4n) is 2.28. The Morgan fingerprint density at radius 3 is 2.94 bits per heavy atom. The summed E-state index contributed by atoms with van der Waals surface area (Å²) in [5, 5.41) is 1.19. The largest absolute Gasteiger partial charge is 0.430 e. The van der Waals surface area contributed by atoms with Gasteiger partial charge in [0.2, 0.25) is 0 Å². The quantitative estimate of drug-likeness (QED) is 0.571. The Balaban J connectivity index is 2.51. The Morgan fingerprint density at radius 2 is 2.19 bits per heavy atom. The van der Waals surface area contributed by atoms with Crippen LogP contribution in [0.1, 0.15) is 18.2 Å². The number of rotatable bonds is 1. The molecule has 3 rings (SSSR count). The maximum atomic E-state index is 5.62. The van der Waals surface area contributed by atoms with Crippen LogP contribution in [0, 0.1) is 6.92 Å². The normalized spacial score (nSPS) is 11.7. The standard InChI is InChI=1S/C13H15N2O/c1-4-10-7-15-12(14(10)3)6-5-11-9(2)8-16-13(11)15/h5-8H,4H2,1-3H3/q+1. The summed E-state index contributed by atoms with van der Waals surface area (Å²) in [5.41, 5.74) is 4.59. The van der Waals surface area contributed by atoms with Crippen LogP contribution in [0.4, 0.5) is 0 Å². The Morgan fingerprint density at radius 1 is 1.38 bits per heavy atom. The van der Waals surface area contributed by atoms with E-state index in [1.54, 1.807) is 0 Å². The molecule has 0 radical (unpaired) electrons. The molecule has 0 aliphatic rings. The minimum absolute atomic E-state index is 0.935. The monoisotopic (exact) mass is 215 g/mol. The maximum absolute atomic E-state index is 5.62. The summed E-state index contributed by atoms with van der Waals surface area (Å²) in [5.74, 6) is 0. The summed E-state index contributed by atoms with van der Waals surface area (Å²) in [6, 6.07) is 4.27. The highest BCUT2D eigenvalue weighted by molar-refractivity contribution is 5.76. The second-order valence-electron chi connectivity index (χ2n) is 4.23. The van der Waals surface area contributed by atoms with E-state index in [4.69, 9.17) is 4.42 Å². The Kier molecular flexibility index (Phi) is 1.84. The first kappa shape index (κ1) is 9.46. The summed E-state index contributed by atoms with van der Waals surface area (Å²) >= 11 is 0. The molecule has 3 aromatic rings. The topological polar surface area (TPSA) is 22.2 Å². The van der Waals surface area contributed by atoms with Gasteiger partial charge in [-0.3, -0.25) is 0 Å². The van der Waals surface area contributed by atoms with Crippen molar-refractivity contribution in [2.75, 3.05) is 0 Å². The highest BCUT2D eigenvalue weighted by Gasteiger charge is 2.17. The van der Waals surface area contributed by atoms with E-state index < -0.39 is 0 Å². The third-order valence-electron chi connectivity index (χ3n) is 3.28. The average Bonchev–Trinajstić information content (AvgIpc) is 2.81. The molecule has 0 saturated heterocycles. The molecule has 0 aliphatic carbocycles. The van der Waals surface area contributed by atoms with E-state index in [0.717, 1.165) is 12.1 Å². The van der Waals surface area contributed by atoms with Crippen molar-refractivity contribution in [2.45, 2.75) is 20.3 Å². The highest BCUT2D eigenvalue weighted by Crippen LogP contribution is 2.18. The molecule has 0 fully saturated rings. The molecule has 3 heteroatoms. The first-order valence-corrected chi connectivity index (χ1v) is 5.59. The van der Waals surface area contributed by atoms with Gasteiger partial charge < -0.3 is 4.42 Å². The molecule has 3 aromatic heterocycles. The fourth-order valence-corrected chi connectivity index (χ4v) is 2.28. The molecule has 0 bridgehead atoms. The van der Waals surface area contributed by atoms with Gasteiger partial charge in [-0.1, -0.05) is 6.92 Å². The van der Waals surface area contributed by atoms with Gasteiger partial charge in [0, 0.05) is 12.5 Å². The maximum Gasteiger partial charge on any atom is 0.302 e. The zero-order valence-corrected chi connectivity index (χ0v) is 9.82. The van der Waals surface area contributed by atoms with Crippen molar-refractivity contribution < 1.29 is 8.82 Å². The number of aryl methyl sites for hydroxylation is 3. The zero-order valence-electron chi connectivity index (χ0n) is 9.82. The van der Waals surface area contributed by atoms with Crippen LogP contribution in [0.3, 0.4) is 0 Å². The predicted molar refractivity (Wildman–Crippen MR) is 62.5 cm³/mol. The molecule has 0 aromatic carbocycles. The molecule has 82 valence electrons. The van der Waals surface area contributed by atoms with Crippen LogP contribution >= 0.6 is 0 Å². The van der Waals surface area contributed by atoms with Gasteiger partial charge >= 0.3 is 5.71 Å². The van der Waals surface area contributed by atoms with Crippen molar-refractivity contribution in [1.82, 2.24) is 4.57 Å². The van der Waals surface area contributed by atoms with Gasteiger partial charge in [-0.2, -0.15) is 4.40 Å².